The lowest BCUT2D eigenvalue weighted by molar-refractivity contribution is 0.0697. The molecule has 1 aromatic carbocycles. The molecule has 0 atom stereocenters. The van der Waals surface area contributed by atoms with Crippen molar-refractivity contribution in [3.8, 4) is 0 Å². The molecular weight excluding hydrogens is 230 g/mol. The first kappa shape index (κ1) is 12.0. The maximum Gasteiger partial charge on any atom is 0.335 e. The van der Waals surface area contributed by atoms with Crippen LogP contribution in [0, 0.1) is 13.8 Å². The third-order valence-electron chi connectivity index (χ3n) is 2.37. The highest BCUT2D eigenvalue weighted by molar-refractivity contribution is 5.88. The van der Waals surface area contributed by atoms with Gasteiger partial charge in [-0.25, -0.2) is 14.8 Å². The van der Waals surface area contributed by atoms with Crippen LogP contribution in [0.5, 0.6) is 0 Å². The average molecular weight is 243 g/mol. The standard InChI is InChI=1S/C13H13N3O2/c1-8-7-12(15-9(2)14-8)16-11-5-3-10(4-6-11)13(17)18/h3-7H,1-2H3,(H,17,18)(H,14,15,16). The van der Waals surface area contributed by atoms with Crippen LogP contribution in [0.2, 0.25) is 0 Å². The summed E-state index contributed by atoms with van der Waals surface area (Å²) in [6.07, 6.45) is 0. The lowest BCUT2D eigenvalue weighted by Gasteiger charge is -2.07. The summed E-state index contributed by atoms with van der Waals surface area (Å²) in [6, 6.07) is 8.34. The predicted molar refractivity (Wildman–Crippen MR) is 68.2 cm³/mol. The quantitative estimate of drug-likeness (QED) is 0.866. The third-order valence-corrected chi connectivity index (χ3v) is 2.37. The number of aromatic carboxylic acids is 1. The van der Waals surface area contributed by atoms with E-state index in [0.29, 0.717) is 11.6 Å². The Morgan fingerprint density at radius 2 is 1.83 bits per heavy atom. The number of anilines is 2. The van der Waals surface area contributed by atoms with Crippen LogP contribution in [0.4, 0.5) is 11.5 Å². The molecule has 5 heteroatoms. The van der Waals surface area contributed by atoms with Gasteiger partial charge in [0.05, 0.1) is 5.56 Å². The smallest absolute Gasteiger partial charge is 0.335 e. The second kappa shape index (κ2) is 4.83. The molecule has 0 saturated carbocycles. The molecule has 2 N–H and O–H groups in total. The Kier molecular flexibility index (Phi) is 3.23. The highest BCUT2D eigenvalue weighted by atomic mass is 16.4. The number of rotatable bonds is 3. The predicted octanol–water partition coefficient (Wildman–Crippen LogP) is 2.54. The monoisotopic (exact) mass is 243 g/mol. The molecule has 1 aromatic heterocycles. The highest BCUT2D eigenvalue weighted by Crippen LogP contribution is 2.16. The topological polar surface area (TPSA) is 75.1 Å². The fourth-order valence-corrected chi connectivity index (χ4v) is 1.63. The maximum atomic E-state index is 10.7. The minimum Gasteiger partial charge on any atom is -0.478 e. The zero-order valence-corrected chi connectivity index (χ0v) is 10.1. The lowest BCUT2D eigenvalue weighted by Crippen LogP contribution is -2.00. The first-order valence-electron chi connectivity index (χ1n) is 5.47. The normalized spacial score (nSPS) is 10.1. The summed E-state index contributed by atoms with van der Waals surface area (Å²) in [7, 11) is 0. The number of hydrogen-bond donors (Lipinski definition) is 2. The summed E-state index contributed by atoms with van der Waals surface area (Å²) >= 11 is 0. The van der Waals surface area contributed by atoms with Crippen LogP contribution in [0.1, 0.15) is 21.9 Å². The van der Waals surface area contributed by atoms with E-state index in [4.69, 9.17) is 5.11 Å². The number of carboxylic acids is 1. The summed E-state index contributed by atoms with van der Waals surface area (Å²) in [5.74, 6) is 0.456. The van der Waals surface area contributed by atoms with Crippen LogP contribution >= 0.6 is 0 Å². The zero-order chi connectivity index (χ0) is 13.1. The van der Waals surface area contributed by atoms with Crippen LogP contribution < -0.4 is 5.32 Å². The molecule has 0 spiro atoms. The minimum atomic E-state index is -0.935. The second-order valence-corrected chi connectivity index (χ2v) is 3.95. The van der Waals surface area contributed by atoms with Crippen molar-refractivity contribution in [3.05, 3.63) is 47.4 Å². The number of nitrogens with zero attached hydrogens (tertiary/aromatic N) is 2. The van der Waals surface area contributed by atoms with E-state index in [1.54, 1.807) is 24.3 Å². The van der Waals surface area contributed by atoms with Crippen molar-refractivity contribution >= 4 is 17.5 Å². The summed E-state index contributed by atoms with van der Waals surface area (Å²) in [5, 5.41) is 11.9. The Morgan fingerprint density at radius 3 is 2.39 bits per heavy atom. The molecule has 0 aliphatic rings. The molecular formula is C13H13N3O2. The van der Waals surface area contributed by atoms with Crippen LogP contribution in [0.25, 0.3) is 0 Å². The van der Waals surface area contributed by atoms with Gasteiger partial charge >= 0.3 is 5.97 Å². The summed E-state index contributed by atoms with van der Waals surface area (Å²) in [4.78, 5) is 19.2. The third kappa shape index (κ3) is 2.82. The van der Waals surface area contributed by atoms with Gasteiger partial charge in [0.1, 0.15) is 11.6 Å². The molecule has 0 aliphatic carbocycles. The SMILES string of the molecule is Cc1cc(Nc2ccc(C(=O)O)cc2)nc(C)n1. The molecule has 92 valence electrons. The van der Waals surface area contributed by atoms with E-state index in [-0.39, 0.29) is 5.56 Å². The molecule has 0 radical (unpaired) electrons. The van der Waals surface area contributed by atoms with E-state index < -0.39 is 5.97 Å². The highest BCUT2D eigenvalue weighted by Gasteiger charge is 2.03. The van der Waals surface area contributed by atoms with Crippen molar-refractivity contribution < 1.29 is 9.90 Å². The second-order valence-electron chi connectivity index (χ2n) is 3.95. The summed E-state index contributed by atoms with van der Waals surface area (Å²) in [6.45, 7) is 3.72. The van der Waals surface area contributed by atoms with Gasteiger partial charge in [-0.3, -0.25) is 0 Å². The average Bonchev–Trinajstić information content (AvgIpc) is 2.28. The van der Waals surface area contributed by atoms with Gasteiger partial charge in [0, 0.05) is 17.4 Å². The van der Waals surface area contributed by atoms with Gasteiger partial charge in [-0.05, 0) is 38.1 Å². The molecule has 2 aromatic rings. The Bertz CT molecular complexity index is 559. The maximum absolute atomic E-state index is 10.7. The minimum absolute atomic E-state index is 0.260. The van der Waals surface area contributed by atoms with Gasteiger partial charge in [0.15, 0.2) is 0 Å². The molecule has 0 unspecified atom stereocenters. The van der Waals surface area contributed by atoms with Crippen LogP contribution in [-0.4, -0.2) is 21.0 Å². The number of aromatic nitrogens is 2. The molecule has 0 aliphatic heterocycles. The van der Waals surface area contributed by atoms with Gasteiger partial charge in [-0.1, -0.05) is 0 Å². The Hall–Kier alpha value is -2.43. The van der Waals surface area contributed by atoms with Gasteiger partial charge in [0.25, 0.3) is 0 Å². The summed E-state index contributed by atoms with van der Waals surface area (Å²) in [5.41, 5.74) is 1.93. The van der Waals surface area contributed by atoms with Crippen LogP contribution in [0.15, 0.2) is 30.3 Å². The Balaban J connectivity index is 2.20. The van der Waals surface area contributed by atoms with Crippen molar-refractivity contribution in [2.75, 3.05) is 5.32 Å². The Labute approximate surface area is 105 Å². The van der Waals surface area contributed by atoms with Crippen molar-refractivity contribution in [3.63, 3.8) is 0 Å². The van der Waals surface area contributed by atoms with Gasteiger partial charge in [-0.15, -0.1) is 0 Å². The fraction of sp³-hybridized carbons (Fsp3) is 0.154. The first-order valence-corrected chi connectivity index (χ1v) is 5.47. The number of benzene rings is 1. The van der Waals surface area contributed by atoms with Gasteiger partial charge < -0.3 is 10.4 Å². The van der Waals surface area contributed by atoms with Gasteiger partial charge in [-0.2, -0.15) is 0 Å². The first-order chi connectivity index (χ1) is 8.54. The number of hydrogen-bond acceptors (Lipinski definition) is 4. The number of carboxylic acid groups (broad SMARTS) is 1. The van der Waals surface area contributed by atoms with Crippen LogP contribution in [0.3, 0.4) is 0 Å². The zero-order valence-electron chi connectivity index (χ0n) is 10.1. The van der Waals surface area contributed by atoms with E-state index in [2.05, 4.69) is 15.3 Å². The van der Waals surface area contributed by atoms with E-state index in [1.807, 2.05) is 19.9 Å². The fourth-order valence-electron chi connectivity index (χ4n) is 1.63. The molecule has 1 heterocycles. The van der Waals surface area contributed by atoms with E-state index in [1.165, 1.54) is 0 Å². The lowest BCUT2D eigenvalue weighted by atomic mass is 10.2. The number of nitrogens with one attached hydrogen (secondary N) is 1. The van der Waals surface area contributed by atoms with Gasteiger partial charge in [0.2, 0.25) is 0 Å². The molecule has 2 rings (SSSR count). The molecule has 0 fully saturated rings. The molecule has 18 heavy (non-hydrogen) atoms. The van der Waals surface area contributed by atoms with E-state index in [0.717, 1.165) is 11.4 Å². The number of carbonyl (C=O) groups is 1. The van der Waals surface area contributed by atoms with Crippen molar-refractivity contribution in [1.82, 2.24) is 9.97 Å². The molecule has 0 bridgehead atoms. The van der Waals surface area contributed by atoms with Crippen molar-refractivity contribution in [2.45, 2.75) is 13.8 Å². The van der Waals surface area contributed by atoms with Crippen LogP contribution in [-0.2, 0) is 0 Å². The largest absolute Gasteiger partial charge is 0.478 e. The van der Waals surface area contributed by atoms with E-state index >= 15 is 0 Å². The molecule has 5 nitrogen and oxygen atoms in total. The number of aryl methyl sites for hydroxylation is 2. The van der Waals surface area contributed by atoms with E-state index in [9.17, 15) is 4.79 Å². The Morgan fingerprint density at radius 1 is 1.17 bits per heavy atom. The molecule has 0 saturated heterocycles. The van der Waals surface area contributed by atoms with Crippen molar-refractivity contribution in [1.29, 1.82) is 0 Å². The molecule has 0 amide bonds. The summed E-state index contributed by atoms with van der Waals surface area (Å²) < 4.78 is 0. The van der Waals surface area contributed by atoms with Crippen molar-refractivity contribution in [2.24, 2.45) is 0 Å².